The molecule has 1 aromatic heterocycles. The van der Waals surface area contributed by atoms with Crippen LogP contribution in [0.25, 0.3) is 0 Å². The number of guanidine groups is 1. The number of carbonyl (C=O) groups excluding carboxylic acids is 1. The number of amides is 1. The van der Waals surface area contributed by atoms with E-state index in [4.69, 9.17) is 4.99 Å². The van der Waals surface area contributed by atoms with Gasteiger partial charge in [0.25, 0.3) is 0 Å². The first-order valence-electron chi connectivity index (χ1n) is 9.57. The second-order valence-electron chi connectivity index (χ2n) is 6.93. The van der Waals surface area contributed by atoms with Gasteiger partial charge in [-0.05, 0) is 25.0 Å². The first kappa shape index (κ1) is 23.1. The highest BCUT2D eigenvalue weighted by Crippen LogP contribution is 2.17. The second kappa shape index (κ2) is 10.6. The molecule has 3 rings (SSSR count). The van der Waals surface area contributed by atoms with Crippen LogP contribution in [0, 0.1) is 0 Å². The van der Waals surface area contributed by atoms with Crippen LogP contribution >= 0.6 is 24.0 Å². The monoisotopic (exact) mass is 512 g/mol. The molecule has 1 aromatic carbocycles. The number of aliphatic hydroxyl groups is 1. The SMILES string of the molecule is CCNC(=NCc1ccc(C(C)O)cc1)N1CCN(c2cnn(C)c2)C(=O)C1.I. The molecule has 8 nitrogen and oxygen atoms in total. The molecule has 1 unspecified atom stereocenters. The molecule has 29 heavy (non-hydrogen) atoms. The number of carbonyl (C=O) groups is 1. The third-order valence-corrected chi connectivity index (χ3v) is 4.73. The number of piperazine rings is 1. The van der Waals surface area contributed by atoms with Crippen LogP contribution in [-0.2, 0) is 18.4 Å². The zero-order valence-electron chi connectivity index (χ0n) is 17.1. The van der Waals surface area contributed by atoms with E-state index < -0.39 is 6.10 Å². The van der Waals surface area contributed by atoms with Gasteiger partial charge in [-0.1, -0.05) is 24.3 Å². The first-order valence-corrected chi connectivity index (χ1v) is 9.57. The summed E-state index contributed by atoms with van der Waals surface area (Å²) in [6.45, 7) is 6.59. The zero-order chi connectivity index (χ0) is 20.1. The summed E-state index contributed by atoms with van der Waals surface area (Å²) in [6.07, 6.45) is 3.09. The average molecular weight is 512 g/mol. The first-order chi connectivity index (χ1) is 13.5. The lowest BCUT2D eigenvalue weighted by atomic mass is 10.1. The molecule has 0 aliphatic carbocycles. The van der Waals surface area contributed by atoms with Crippen molar-refractivity contribution in [3.8, 4) is 0 Å². The second-order valence-corrected chi connectivity index (χ2v) is 6.93. The number of aryl methyl sites for hydroxylation is 1. The van der Waals surface area contributed by atoms with Crippen molar-refractivity contribution in [2.24, 2.45) is 12.0 Å². The minimum Gasteiger partial charge on any atom is -0.389 e. The third kappa shape index (κ3) is 5.92. The maximum atomic E-state index is 12.6. The van der Waals surface area contributed by atoms with Crippen molar-refractivity contribution in [2.45, 2.75) is 26.5 Å². The Kier molecular flexibility index (Phi) is 8.45. The van der Waals surface area contributed by atoms with E-state index in [2.05, 4.69) is 10.4 Å². The number of halogens is 1. The van der Waals surface area contributed by atoms with Crippen molar-refractivity contribution in [3.63, 3.8) is 0 Å². The van der Waals surface area contributed by atoms with Crippen molar-refractivity contribution >= 4 is 41.5 Å². The number of benzene rings is 1. The van der Waals surface area contributed by atoms with E-state index in [0.717, 1.165) is 29.3 Å². The lowest BCUT2D eigenvalue weighted by Crippen LogP contribution is -2.55. The largest absolute Gasteiger partial charge is 0.389 e. The molecule has 1 aliphatic heterocycles. The number of rotatable bonds is 5. The van der Waals surface area contributed by atoms with Crippen LogP contribution in [0.5, 0.6) is 0 Å². The normalized spacial score (nSPS) is 15.9. The molecule has 158 valence electrons. The fraction of sp³-hybridized carbons (Fsp3) is 0.450. The highest BCUT2D eigenvalue weighted by molar-refractivity contribution is 14.0. The molecule has 1 fully saturated rings. The van der Waals surface area contributed by atoms with Crippen LogP contribution in [0.4, 0.5) is 5.69 Å². The number of anilines is 1. The van der Waals surface area contributed by atoms with Crippen molar-refractivity contribution in [2.75, 3.05) is 31.1 Å². The standard InChI is InChI=1S/C20H28N6O2.HI/c1-4-21-20(22-11-16-5-7-17(8-6-16)15(2)27)25-9-10-26(19(28)14-25)18-12-23-24(3)13-18;/h5-8,12-13,15,27H,4,9-11,14H2,1-3H3,(H,21,22);1H. The van der Waals surface area contributed by atoms with Gasteiger partial charge in [0.15, 0.2) is 5.96 Å². The molecule has 0 spiro atoms. The van der Waals surface area contributed by atoms with Crippen molar-refractivity contribution in [1.29, 1.82) is 0 Å². The highest BCUT2D eigenvalue weighted by Gasteiger charge is 2.27. The molecule has 2 N–H and O–H groups in total. The van der Waals surface area contributed by atoms with E-state index in [-0.39, 0.29) is 36.4 Å². The van der Waals surface area contributed by atoms with Crippen LogP contribution < -0.4 is 10.2 Å². The number of aliphatic hydroxyl groups excluding tert-OH is 1. The molecular formula is C20H29IN6O2. The van der Waals surface area contributed by atoms with Gasteiger partial charge in [-0.25, -0.2) is 4.99 Å². The van der Waals surface area contributed by atoms with Gasteiger partial charge in [0.05, 0.1) is 24.5 Å². The molecule has 0 saturated carbocycles. The summed E-state index contributed by atoms with van der Waals surface area (Å²) in [5, 5.41) is 17.0. The van der Waals surface area contributed by atoms with E-state index in [0.29, 0.717) is 19.6 Å². The van der Waals surface area contributed by atoms with Crippen molar-refractivity contribution in [1.82, 2.24) is 20.0 Å². The quantitative estimate of drug-likeness (QED) is 0.363. The summed E-state index contributed by atoms with van der Waals surface area (Å²) < 4.78 is 1.70. The maximum Gasteiger partial charge on any atom is 0.246 e. The lowest BCUT2D eigenvalue weighted by Gasteiger charge is -2.35. The Morgan fingerprint density at radius 2 is 2.03 bits per heavy atom. The molecule has 0 radical (unpaired) electrons. The molecule has 9 heteroatoms. The number of nitrogens with one attached hydrogen (secondary N) is 1. The minimum absolute atomic E-state index is 0. The topological polar surface area (TPSA) is 86.0 Å². The molecule has 1 atom stereocenters. The summed E-state index contributed by atoms with van der Waals surface area (Å²) in [5.74, 6) is 0.771. The Bertz CT molecular complexity index is 834. The maximum absolute atomic E-state index is 12.6. The van der Waals surface area contributed by atoms with E-state index >= 15 is 0 Å². The van der Waals surface area contributed by atoms with Crippen LogP contribution in [0.15, 0.2) is 41.7 Å². The van der Waals surface area contributed by atoms with Crippen LogP contribution in [-0.4, -0.2) is 57.8 Å². The van der Waals surface area contributed by atoms with E-state index in [1.165, 1.54) is 0 Å². The van der Waals surface area contributed by atoms with Crippen LogP contribution in [0.3, 0.4) is 0 Å². The van der Waals surface area contributed by atoms with Gasteiger partial charge in [0.1, 0.15) is 6.54 Å². The Balaban J connectivity index is 0.00000300. The zero-order valence-corrected chi connectivity index (χ0v) is 19.4. The summed E-state index contributed by atoms with van der Waals surface area (Å²) in [4.78, 5) is 21.1. The van der Waals surface area contributed by atoms with Gasteiger partial charge in [0.2, 0.25) is 5.91 Å². The van der Waals surface area contributed by atoms with E-state index in [1.54, 1.807) is 22.7 Å². The molecule has 1 saturated heterocycles. The molecule has 2 aromatic rings. The molecular weight excluding hydrogens is 483 g/mol. The Hall–Kier alpha value is -2.14. The summed E-state index contributed by atoms with van der Waals surface area (Å²) in [7, 11) is 1.84. The average Bonchev–Trinajstić information content (AvgIpc) is 3.11. The molecule has 2 heterocycles. The van der Waals surface area contributed by atoms with Gasteiger partial charge in [-0.3, -0.25) is 9.48 Å². The number of hydrogen-bond acceptors (Lipinski definition) is 4. The van der Waals surface area contributed by atoms with Gasteiger partial charge >= 0.3 is 0 Å². The fourth-order valence-corrected chi connectivity index (χ4v) is 3.17. The number of aromatic nitrogens is 2. The minimum atomic E-state index is -0.475. The van der Waals surface area contributed by atoms with Gasteiger partial charge in [0, 0.05) is 32.9 Å². The molecule has 1 amide bonds. The smallest absolute Gasteiger partial charge is 0.246 e. The Morgan fingerprint density at radius 3 is 2.59 bits per heavy atom. The van der Waals surface area contributed by atoms with Crippen LogP contribution in [0.2, 0.25) is 0 Å². The highest BCUT2D eigenvalue weighted by atomic mass is 127. The third-order valence-electron chi connectivity index (χ3n) is 4.73. The van der Waals surface area contributed by atoms with Gasteiger partial charge in [-0.15, -0.1) is 24.0 Å². The van der Waals surface area contributed by atoms with Crippen LogP contribution in [0.1, 0.15) is 31.1 Å². The Morgan fingerprint density at radius 1 is 1.31 bits per heavy atom. The van der Waals surface area contributed by atoms with E-state index in [1.807, 2.05) is 49.3 Å². The predicted octanol–water partition coefficient (Wildman–Crippen LogP) is 1.91. The number of hydrogen-bond donors (Lipinski definition) is 2. The van der Waals surface area contributed by atoms with Gasteiger partial charge in [-0.2, -0.15) is 5.10 Å². The van der Waals surface area contributed by atoms with Crippen molar-refractivity contribution < 1.29 is 9.90 Å². The number of aliphatic imine (C=N–C) groups is 1. The summed E-state index contributed by atoms with van der Waals surface area (Å²) in [6, 6.07) is 7.78. The summed E-state index contributed by atoms with van der Waals surface area (Å²) in [5.41, 5.74) is 2.77. The molecule has 0 bridgehead atoms. The lowest BCUT2D eigenvalue weighted by molar-refractivity contribution is -0.120. The van der Waals surface area contributed by atoms with E-state index in [9.17, 15) is 9.90 Å². The van der Waals surface area contributed by atoms with Crippen molar-refractivity contribution in [3.05, 3.63) is 47.8 Å². The predicted molar refractivity (Wildman–Crippen MR) is 124 cm³/mol. The molecule has 1 aliphatic rings. The number of nitrogens with zero attached hydrogens (tertiary/aromatic N) is 5. The summed E-state index contributed by atoms with van der Waals surface area (Å²) >= 11 is 0. The fourth-order valence-electron chi connectivity index (χ4n) is 3.17. The van der Waals surface area contributed by atoms with Gasteiger partial charge < -0.3 is 20.2 Å². The Labute approximate surface area is 188 Å².